The molecule has 2 unspecified atom stereocenters. The van der Waals surface area contributed by atoms with Crippen LogP contribution in [0.2, 0.25) is 0 Å². The van der Waals surface area contributed by atoms with Crippen LogP contribution in [0.4, 0.5) is 10.3 Å². The highest BCUT2D eigenvalue weighted by atomic mass is 19.1. The number of nitrogens with zero attached hydrogens (tertiary/aromatic N) is 6. The van der Waals surface area contributed by atoms with Crippen molar-refractivity contribution in [1.29, 1.82) is 0 Å². The van der Waals surface area contributed by atoms with Gasteiger partial charge in [-0.15, -0.1) is 0 Å². The van der Waals surface area contributed by atoms with Crippen LogP contribution < -0.4 is 9.64 Å². The first-order chi connectivity index (χ1) is 14.7. The second kappa shape index (κ2) is 7.58. The van der Waals surface area contributed by atoms with Gasteiger partial charge in [0, 0.05) is 31.4 Å². The summed E-state index contributed by atoms with van der Waals surface area (Å²) in [6, 6.07) is 7.92. The Morgan fingerprint density at radius 3 is 2.63 bits per heavy atom. The van der Waals surface area contributed by atoms with Crippen molar-refractivity contribution in [2.24, 2.45) is 5.92 Å². The minimum Gasteiger partial charge on any atom is -0.497 e. The molecule has 3 aromatic rings. The molecule has 2 saturated heterocycles. The van der Waals surface area contributed by atoms with Crippen LogP contribution in [-0.2, 0) is 16.9 Å². The summed E-state index contributed by atoms with van der Waals surface area (Å²) in [5, 5.41) is 1.99. The first-order valence-electron chi connectivity index (χ1n) is 9.71. The van der Waals surface area contributed by atoms with Crippen LogP contribution in [0.1, 0.15) is 11.3 Å². The summed E-state index contributed by atoms with van der Waals surface area (Å²) < 4.78 is 18.6. The molecule has 0 amide bonds. The zero-order valence-electron chi connectivity index (χ0n) is 16.5. The number of halogens is 1. The molecular weight excluding hydrogens is 387 g/mol. The zero-order chi connectivity index (χ0) is 20.6. The van der Waals surface area contributed by atoms with Gasteiger partial charge in [-0.25, -0.2) is 14.4 Å². The molecule has 2 fully saturated rings. The second-order valence-electron chi connectivity index (χ2n) is 7.47. The third-order valence-corrected chi connectivity index (χ3v) is 5.81. The lowest BCUT2D eigenvalue weighted by Crippen LogP contribution is -2.46. The summed E-state index contributed by atoms with van der Waals surface area (Å²) in [6.07, 6.45) is 7.53. The van der Waals surface area contributed by atoms with Crippen LogP contribution >= 0.6 is 0 Å². The molecule has 0 radical (unpaired) electrons. The van der Waals surface area contributed by atoms with Gasteiger partial charge in [0.2, 0.25) is 5.95 Å². The van der Waals surface area contributed by atoms with Gasteiger partial charge in [0.05, 0.1) is 44.5 Å². The number of methoxy groups -OCH3 is 1. The molecular formula is C21H21FN6O2. The maximum atomic E-state index is 13.3. The summed E-state index contributed by atoms with van der Waals surface area (Å²) in [6.45, 7) is 2.37. The Morgan fingerprint density at radius 1 is 1.13 bits per heavy atom. The largest absolute Gasteiger partial charge is 0.497 e. The van der Waals surface area contributed by atoms with Crippen LogP contribution in [0.15, 0.2) is 55.2 Å². The third-order valence-electron chi connectivity index (χ3n) is 5.81. The standard InChI is InChI=1S/C21H21FN6O2/c1-29-18-4-2-15(3-5-18)11-28-21(19-10-23-6-7-24-19)14-27(12-16(21)13-30-28)20-25-8-17(22)9-26-20/h2-10,16H,11-14H2,1H3. The van der Waals surface area contributed by atoms with Crippen LogP contribution in [0.3, 0.4) is 0 Å². The Balaban J connectivity index is 1.49. The fourth-order valence-corrected chi connectivity index (χ4v) is 4.32. The Hall–Kier alpha value is -3.17. The fourth-order valence-electron chi connectivity index (χ4n) is 4.32. The van der Waals surface area contributed by atoms with Crippen molar-refractivity contribution in [2.45, 2.75) is 12.1 Å². The summed E-state index contributed by atoms with van der Waals surface area (Å²) in [5.74, 6) is 0.994. The van der Waals surface area contributed by atoms with E-state index in [1.54, 1.807) is 25.7 Å². The van der Waals surface area contributed by atoms with Crippen LogP contribution in [0.5, 0.6) is 5.75 Å². The molecule has 0 spiro atoms. The highest BCUT2D eigenvalue weighted by molar-refractivity contribution is 5.38. The molecule has 0 aliphatic carbocycles. The van der Waals surface area contributed by atoms with E-state index in [1.807, 2.05) is 29.3 Å². The molecule has 8 nitrogen and oxygen atoms in total. The number of ether oxygens (including phenoxy) is 1. The number of hydrogen-bond acceptors (Lipinski definition) is 8. The Labute approximate surface area is 173 Å². The summed E-state index contributed by atoms with van der Waals surface area (Å²) >= 11 is 0. The van der Waals surface area contributed by atoms with Crippen molar-refractivity contribution < 1.29 is 14.0 Å². The summed E-state index contributed by atoms with van der Waals surface area (Å²) in [7, 11) is 1.65. The van der Waals surface area contributed by atoms with Gasteiger partial charge in [-0.3, -0.25) is 14.8 Å². The van der Waals surface area contributed by atoms with Crippen molar-refractivity contribution in [2.75, 3.05) is 31.7 Å². The maximum absolute atomic E-state index is 13.3. The Morgan fingerprint density at radius 2 is 1.93 bits per heavy atom. The molecule has 30 heavy (non-hydrogen) atoms. The van der Waals surface area contributed by atoms with E-state index in [4.69, 9.17) is 9.57 Å². The number of rotatable bonds is 5. The van der Waals surface area contributed by atoms with Crippen LogP contribution in [-0.4, -0.2) is 51.8 Å². The lowest BCUT2D eigenvalue weighted by molar-refractivity contribution is -0.173. The van der Waals surface area contributed by atoms with E-state index in [2.05, 4.69) is 24.8 Å². The van der Waals surface area contributed by atoms with Gasteiger partial charge in [-0.2, -0.15) is 5.06 Å². The minimum absolute atomic E-state index is 0.140. The lowest BCUT2D eigenvalue weighted by atomic mass is 9.85. The quantitative estimate of drug-likeness (QED) is 0.636. The van der Waals surface area contributed by atoms with Gasteiger partial charge in [0.25, 0.3) is 0 Å². The highest BCUT2D eigenvalue weighted by Gasteiger charge is 2.58. The molecule has 1 aromatic carbocycles. The smallest absolute Gasteiger partial charge is 0.225 e. The van der Waals surface area contributed by atoms with Crippen molar-refractivity contribution in [1.82, 2.24) is 25.0 Å². The molecule has 4 heterocycles. The van der Waals surface area contributed by atoms with E-state index in [9.17, 15) is 4.39 Å². The average Bonchev–Trinajstić information content (AvgIpc) is 3.33. The monoisotopic (exact) mass is 408 g/mol. The first-order valence-corrected chi connectivity index (χ1v) is 9.71. The normalized spacial score (nSPS) is 23.5. The molecule has 0 bridgehead atoms. The average molecular weight is 408 g/mol. The van der Waals surface area contributed by atoms with E-state index >= 15 is 0 Å². The molecule has 2 aliphatic rings. The topological polar surface area (TPSA) is 76.5 Å². The number of aromatic nitrogens is 4. The van der Waals surface area contributed by atoms with Gasteiger partial charge in [0.1, 0.15) is 11.3 Å². The zero-order valence-corrected chi connectivity index (χ0v) is 16.5. The number of benzene rings is 1. The molecule has 2 aromatic heterocycles. The fraction of sp³-hybridized carbons (Fsp3) is 0.333. The van der Waals surface area contributed by atoms with Crippen LogP contribution in [0.25, 0.3) is 0 Å². The Kier molecular flexibility index (Phi) is 4.76. The van der Waals surface area contributed by atoms with E-state index in [-0.39, 0.29) is 5.92 Å². The molecule has 5 rings (SSSR count). The van der Waals surface area contributed by atoms with E-state index < -0.39 is 11.4 Å². The number of anilines is 1. The maximum Gasteiger partial charge on any atom is 0.225 e. The summed E-state index contributed by atoms with van der Waals surface area (Å²) in [5.41, 5.74) is 1.42. The van der Waals surface area contributed by atoms with Crippen molar-refractivity contribution in [3.8, 4) is 5.75 Å². The van der Waals surface area contributed by atoms with Gasteiger partial charge < -0.3 is 9.64 Å². The Bertz CT molecular complexity index is 1000. The summed E-state index contributed by atoms with van der Waals surface area (Å²) in [4.78, 5) is 25.5. The van der Waals surface area contributed by atoms with Crippen molar-refractivity contribution in [3.05, 3.63) is 72.3 Å². The predicted octanol–water partition coefficient (Wildman–Crippen LogP) is 2.19. The van der Waals surface area contributed by atoms with E-state index in [1.165, 1.54) is 12.4 Å². The second-order valence-corrected chi connectivity index (χ2v) is 7.47. The van der Waals surface area contributed by atoms with Gasteiger partial charge in [-0.05, 0) is 17.7 Å². The number of hydrogen-bond donors (Lipinski definition) is 0. The number of hydroxylamine groups is 2. The predicted molar refractivity (Wildman–Crippen MR) is 106 cm³/mol. The first kappa shape index (κ1) is 18.8. The van der Waals surface area contributed by atoms with E-state index in [0.29, 0.717) is 32.2 Å². The SMILES string of the molecule is COc1ccc(CN2OCC3CN(c4ncc(F)cn4)CC32c2cnccn2)cc1. The van der Waals surface area contributed by atoms with Gasteiger partial charge in [-0.1, -0.05) is 12.1 Å². The van der Waals surface area contributed by atoms with E-state index in [0.717, 1.165) is 17.0 Å². The molecule has 2 aliphatic heterocycles. The molecule has 9 heteroatoms. The van der Waals surface area contributed by atoms with Crippen molar-refractivity contribution >= 4 is 5.95 Å². The number of fused-ring (bicyclic) bond motifs is 1. The molecule has 0 saturated carbocycles. The van der Waals surface area contributed by atoms with Gasteiger partial charge in [0.15, 0.2) is 5.82 Å². The lowest BCUT2D eigenvalue weighted by Gasteiger charge is -2.35. The third kappa shape index (κ3) is 3.16. The molecule has 2 atom stereocenters. The minimum atomic E-state index is -0.508. The molecule has 0 N–H and O–H groups in total. The van der Waals surface area contributed by atoms with Crippen molar-refractivity contribution in [3.63, 3.8) is 0 Å². The van der Waals surface area contributed by atoms with Crippen LogP contribution in [0, 0.1) is 11.7 Å². The molecule has 154 valence electrons. The highest BCUT2D eigenvalue weighted by Crippen LogP contribution is 2.47. The van der Waals surface area contributed by atoms with Gasteiger partial charge >= 0.3 is 0 Å².